The van der Waals surface area contributed by atoms with Gasteiger partial charge in [-0.3, -0.25) is 4.79 Å². The number of aromatic nitrogens is 1. The van der Waals surface area contributed by atoms with Gasteiger partial charge in [0.15, 0.2) is 5.01 Å². The summed E-state index contributed by atoms with van der Waals surface area (Å²) in [5, 5.41) is 7.72. The minimum absolute atomic E-state index is 0.250. The molecular formula is C19H21N5O2S. The first kappa shape index (κ1) is 17.6. The van der Waals surface area contributed by atoms with Gasteiger partial charge in [0.05, 0.1) is 29.6 Å². The van der Waals surface area contributed by atoms with Crippen molar-refractivity contribution in [3.05, 3.63) is 47.5 Å². The third-order valence-corrected chi connectivity index (χ3v) is 5.74. The van der Waals surface area contributed by atoms with Crippen LogP contribution in [0.1, 0.15) is 15.5 Å². The highest BCUT2D eigenvalue weighted by Gasteiger charge is 2.20. The average molecular weight is 383 g/mol. The lowest BCUT2D eigenvalue weighted by atomic mass is 10.1. The summed E-state index contributed by atoms with van der Waals surface area (Å²) in [6.45, 7) is 5.67. The molecule has 3 aromatic rings. The van der Waals surface area contributed by atoms with Crippen molar-refractivity contribution in [2.24, 2.45) is 0 Å². The Balaban J connectivity index is 1.55. The van der Waals surface area contributed by atoms with Gasteiger partial charge in [-0.2, -0.15) is 0 Å². The van der Waals surface area contributed by atoms with E-state index in [-0.39, 0.29) is 5.91 Å². The molecule has 0 saturated carbocycles. The molecule has 4 rings (SSSR count). The topological polar surface area (TPSA) is 96.4 Å². The molecular weight excluding hydrogens is 362 g/mol. The number of aryl methyl sites for hydroxylation is 1. The molecule has 1 aromatic carbocycles. The van der Waals surface area contributed by atoms with E-state index in [2.05, 4.69) is 20.5 Å². The zero-order chi connectivity index (χ0) is 18.8. The van der Waals surface area contributed by atoms with Gasteiger partial charge in [-0.1, -0.05) is 17.4 Å². The minimum Gasteiger partial charge on any atom is -0.472 e. The van der Waals surface area contributed by atoms with Crippen molar-refractivity contribution in [1.82, 2.24) is 10.3 Å². The Kier molecular flexibility index (Phi) is 4.83. The number of carbonyl (C=O) groups is 1. The van der Waals surface area contributed by atoms with E-state index in [9.17, 15) is 4.79 Å². The summed E-state index contributed by atoms with van der Waals surface area (Å²) in [7, 11) is 0. The number of hydrogen-bond donors (Lipinski definition) is 3. The number of rotatable bonds is 4. The molecule has 1 saturated heterocycles. The molecule has 4 N–H and O–H groups in total. The minimum atomic E-state index is -0.250. The normalized spacial score (nSPS) is 14.3. The Morgan fingerprint density at radius 3 is 2.85 bits per heavy atom. The molecule has 140 valence electrons. The van der Waals surface area contributed by atoms with Crippen LogP contribution in [0.3, 0.4) is 0 Å². The van der Waals surface area contributed by atoms with Crippen LogP contribution in [0.2, 0.25) is 0 Å². The second kappa shape index (κ2) is 7.42. The van der Waals surface area contributed by atoms with Gasteiger partial charge in [0.2, 0.25) is 0 Å². The fraction of sp³-hybridized carbons (Fsp3) is 0.263. The number of furan rings is 1. The molecule has 8 heteroatoms. The highest BCUT2D eigenvalue weighted by molar-refractivity contribution is 7.17. The first-order valence-corrected chi connectivity index (χ1v) is 9.60. The SMILES string of the molecule is Cc1nc(C(=O)Nc2cc(-c3ccoc3)ccc2N)sc1N1CCNCC1. The van der Waals surface area contributed by atoms with Gasteiger partial charge in [-0.25, -0.2) is 4.98 Å². The molecule has 7 nitrogen and oxygen atoms in total. The molecule has 1 amide bonds. The number of nitrogens with zero attached hydrogens (tertiary/aromatic N) is 2. The number of anilines is 3. The van der Waals surface area contributed by atoms with Crippen molar-refractivity contribution in [2.45, 2.75) is 6.92 Å². The molecule has 0 radical (unpaired) electrons. The van der Waals surface area contributed by atoms with Crippen LogP contribution in [0.25, 0.3) is 11.1 Å². The van der Waals surface area contributed by atoms with Crippen LogP contribution in [0.5, 0.6) is 0 Å². The summed E-state index contributed by atoms with van der Waals surface area (Å²) in [6.07, 6.45) is 3.26. The molecule has 1 aliphatic rings. The average Bonchev–Trinajstić information content (AvgIpc) is 3.34. The number of nitrogen functional groups attached to an aromatic ring is 1. The van der Waals surface area contributed by atoms with Crippen LogP contribution in [-0.4, -0.2) is 37.1 Å². The first-order chi connectivity index (χ1) is 13.1. The number of piperazine rings is 1. The van der Waals surface area contributed by atoms with Gasteiger partial charge in [0.25, 0.3) is 5.91 Å². The molecule has 0 atom stereocenters. The van der Waals surface area contributed by atoms with Gasteiger partial charge in [0, 0.05) is 31.7 Å². The van der Waals surface area contributed by atoms with Gasteiger partial charge in [-0.05, 0) is 30.7 Å². The summed E-state index contributed by atoms with van der Waals surface area (Å²) in [5.41, 5.74) is 9.85. The number of nitrogens with two attached hydrogens (primary N) is 1. The van der Waals surface area contributed by atoms with Crippen LogP contribution >= 0.6 is 11.3 Å². The number of carbonyl (C=O) groups excluding carboxylic acids is 1. The lowest BCUT2D eigenvalue weighted by molar-refractivity contribution is 0.102. The van der Waals surface area contributed by atoms with E-state index in [1.54, 1.807) is 18.6 Å². The quantitative estimate of drug-likeness (QED) is 0.600. The lowest BCUT2D eigenvalue weighted by Gasteiger charge is -2.28. The summed E-state index contributed by atoms with van der Waals surface area (Å²) < 4.78 is 5.13. The fourth-order valence-corrected chi connectivity index (χ4v) is 4.11. The molecule has 0 bridgehead atoms. The van der Waals surface area contributed by atoms with Crippen LogP contribution in [0.4, 0.5) is 16.4 Å². The van der Waals surface area contributed by atoms with E-state index in [1.165, 1.54) is 11.3 Å². The van der Waals surface area contributed by atoms with Gasteiger partial charge in [0.1, 0.15) is 5.00 Å². The number of thiazole rings is 1. The van der Waals surface area contributed by atoms with Gasteiger partial charge < -0.3 is 25.7 Å². The molecule has 0 spiro atoms. The second-order valence-corrected chi connectivity index (χ2v) is 7.39. The Hall–Kier alpha value is -2.84. The van der Waals surface area contributed by atoms with Gasteiger partial charge in [-0.15, -0.1) is 0 Å². The summed E-state index contributed by atoms with van der Waals surface area (Å²) >= 11 is 1.42. The van der Waals surface area contributed by atoms with E-state index in [4.69, 9.17) is 10.2 Å². The van der Waals surface area contributed by atoms with Crippen molar-refractivity contribution in [3.63, 3.8) is 0 Å². The van der Waals surface area contributed by atoms with Crippen LogP contribution in [0.15, 0.2) is 41.2 Å². The fourth-order valence-electron chi connectivity index (χ4n) is 3.10. The van der Waals surface area contributed by atoms with E-state index >= 15 is 0 Å². The third-order valence-electron chi connectivity index (χ3n) is 4.53. The van der Waals surface area contributed by atoms with Crippen LogP contribution < -0.4 is 21.3 Å². The summed E-state index contributed by atoms with van der Waals surface area (Å²) in [6, 6.07) is 7.37. The Bertz CT molecular complexity index is 945. The van der Waals surface area contributed by atoms with E-state index in [0.717, 1.165) is 48.0 Å². The maximum absolute atomic E-state index is 12.7. The standard InChI is InChI=1S/C19H21N5O2S/c1-12-19(24-7-5-21-6-8-24)27-18(22-12)17(25)23-16-10-13(2-3-15(16)20)14-4-9-26-11-14/h2-4,9-11,21H,5-8,20H2,1H3,(H,23,25). The molecule has 1 fully saturated rings. The van der Waals surface area contributed by atoms with Crippen LogP contribution in [0, 0.1) is 6.92 Å². The number of benzene rings is 1. The first-order valence-electron chi connectivity index (χ1n) is 8.78. The lowest BCUT2D eigenvalue weighted by Crippen LogP contribution is -2.43. The number of amides is 1. The molecule has 0 aliphatic carbocycles. The zero-order valence-electron chi connectivity index (χ0n) is 15.0. The van der Waals surface area contributed by atoms with Crippen molar-refractivity contribution in [3.8, 4) is 11.1 Å². The predicted molar refractivity (Wildman–Crippen MR) is 108 cm³/mol. The molecule has 1 aliphatic heterocycles. The maximum atomic E-state index is 12.7. The van der Waals surface area contributed by atoms with Crippen molar-refractivity contribution < 1.29 is 9.21 Å². The van der Waals surface area contributed by atoms with Crippen molar-refractivity contribution >= 4 is 33.6 Å². The summed E-state index contributed by atoms with van der Waals surface area (Å²) in [5.74, 6) is -0.250. The smallest absolute Gasteiger partial charge is 0.284 e. The Morgan fingerprint density at radius 2 is 2.11 bits per heavy atom. The highest BCUT2D eigenvalue weighted by Crippen LogP contribution is 2.31. The molecule has 2 aromatic heterocycles. The van der Waals surface area contributed by atoms with E-state index < -0.39 is 0 Å². The largest absolute Gasteiger partial charge is 0.472 e. The molecule has 3 heterocycles. The van der Waals surface area contributed by atoms with E-state index in [0.29, 0.717) is 16.4 Å². The number of hydrogen-bond acceptors (Lipinski definition) is 7. The zero-order valence-corrected chi connectivity index (χ0v) is 15.8. The monoisotopic (exact) mass is 383 g/mol. The predicted octanol–water partition coefficient (Wildman–Crippen LogP) is 2.96. The molecule has 0 unspecified atom stereocenters. The van der Waals surface area contributed by atoms with Crippen molar-refractivity contribution in [2.75, 3.05) is 42.1 Å². The number of nitrogens with one attached hydrogen (secondary N) is 2. The van der Waals surface area contributed by atoms with Gasteiger partial charge >= 0.3 is 0 Å². The molecule has 27 heavy (non-hydrogen) atoms. The summed E-state index contributed by atoms with van der Waals surface area (Å²) in [4.78, 5) is 19.5. The Morgan fingerprint density at radius 1 is 1.30 bits per heavy atom. The Labute approximate surface area is 161 Å². The second-order valence-electron chi connectivity index (χ2n) is 6.41. The van der Waals surface area contributed by atoms with Crippen molar-refractivity contribution in [1.29, 1.82) is 0 Å². The highest BCUT2D eigenvalue weighted by atomic mass is 32.1. The van der Waals surface area contributed by atoms with Crippen LogP contribution in [-0.2, 0) is 0 Å². The van der Waals surface area contributed by atoms with E-state index in [1.807, 2.05) is 25.1 Å². The maximum Gasteiger partial charge on any atom is 0.284 e. The third kappa shape index (κ3) is 3.67.